The molecular formula is C20H17N3O2. The molecule has 124 valence electrons. The van der Waals surface area contributed by atoms with Crippen molar-refractivity contribution in [2.75, 3.05) is 5.32 Å². The van der Waals surface area contributed by atoms with Gasteiger partial charge in [-0.2, -0.15) is 0 Å². The summed E-state index contributed by atoms with van der Waals surface area (Å²) in [5.41, 5.74) is 3.47. The van der Waals surface area contributed by atoms with Crippen LogP contribution in [0.4, 0.5) is 5.69 Å². The lowest BCUT2D eigenvalue weighted by atomic mass is 10.3. The number of anilines is 1. The van der Waals surface area contributed by atoms with Crippen molar-refractivity contribution >= 4 is 16.8 Å². The SMILES string of the molecule is Cc1cc(NCc2nc3ccc(Oc4ccccc4)cc3o2)ccn1. The second-order valence-electron chi connectivity index (χ2n) is 5.69. The van der Waals surface area contributed by atoms with Gasteiger partial charge in [0.05, 0.1) is 6.54 Å². The van der Waals surface area contributed by atoms with Gasteiger partial charge in [0.1, 0.15) is 17.0 Å². The fourth-order valence-corrected chi connectivity index (χ4v) is 2.55. The Morgan fingerprint density at radius 3 is 2.72 bits per heavy atom. The zero-order valence-corrected chi connectivity index (χ0v) is 13.8. The number of para-hydroxylation sites is 1. The second kappa shape index (κ2) is 6.65. The van der Waals surface area contributed by atoms with Gasteiger partial charge in [0.2, 0.25) is 5.89 Å². The Balaban J connectivity index is 1.50. The molecule has 2 heterocycles. The minimum Gasteiger partial charge on any atom is -0.457 e. The van der Waals surface area contributed by atoms with E-state index in [-0.39, 0.29) is 0 Å². The third-order valence-electron chi connectivity index (χ3n) is 3.72. The molecule has 0 fully saturated rings. The fourth-order valence-electron chi connectivity index (χ4n) is 2.55. The third-order valence-corrected chi connectivity index (χ3v) is 3.72. The Hall–Kier alpha value is -3.34. The van der Waals surface area contributed by atoms with E-state index < -0.39 is 0 Å². The van der Waals surface area contributed by atoms with Crippen molar-refractivity contribution in [1.82, 2.24) is 9.97 Å². The van der Waals surface area contributed by atoms with Crippen LogP contribution >= 0.6 is 0 Å². The standard InChI is InChI=1S/C20H17N3O2/c1-14-11-15(9-10-21-14)22-13-20-23-18-8-7-17(12-19(18)25-20)24-16-5-3-2-4-6-16/h2-12H,13H2,1H3,(H,21,22). The van der Waals surface area contributed by atoms with E-state index in [1.54, 1.807) is 6.20 Å². The maximum absolute atomic E-state index is 5.83. The second-order valence-corrected chi connectivity index (χ2v) is 5.69. The first-order valence-corrected chi connectivity index (χ1v) is 8.05. The van der Waals surface area contributed by atoms with E-state index in [2.05, 4.69) is 15.3 Å². The third kappa shape index (κ3) is 3.61. The number of nitrogens with one attached hydrogen (secondary N) is 1. The van der Waals surface area contributed by atoms with Crippen molar-refractivity contribution < 1.29 is 9.15 Å². The summed E-state index contributed by atoms with van der Waals surface area (Å²) in [7, 11) is 0. The Labute approximate surface area is 145 Å². The number of benzene rings is 2. The molecule has 0 bridgehead atoms. The average Bonchev–Trinajstić information content (AvgIpc) is 3.03. The normalized spacial score (nSPS) is 10.8. The molecule has 0 aliphatic carbocycles. The van der Waals surface area contributed by atoms with Gasteiger partial charge in [-0.1, -0.05) is 18.2 Å². The van der Waals surface area contributed by atoms with Crippen LogP contribution in [0.25, 0.3) is 11.1 Å². The van der Waals surface area contributed by atoms with Gasteiger partial charge in [-0.3, -0.25) is 4.98 Å². The van der Waals surface area contributed by atoms with Crippen molar-refractivity contribution in [3.63, 3.8) is 0 Å². The number of pyridine rings is 1. The van der Waals surface area contributed by atoms with Gasteiger partial charge in [0.25, 0.3) is 0 Å². The lowest BCUT2D eigenvalue weighted by molar-refractivity contribution is 0.480. The maximum Gasteiger partial charge on any atom is 0.214 e. The summed E-state index contributed by atoms with van der Waals surface area (Å²) in [6.45, 7) is 2.46. The van der Waals surface area contributed by atoms with Gasteiger partial charge in [0, 0.05) is 23.6 Å². The smallest absolute Gasteiger partial charge is 0.214 e. The van der Waals surface area contributed by atoms with Crippen LogP contribution in [0, 0.1) is 6.92 Å². The summed E-state index contributed by atoms with van der Waals surface area (Å²) >= 11 is 0. The number of ether oxygens (including phenoxy) is 1. The first-order chi connectivity index (χ1) is 12.3. The number of fused-ring (bicyclic) bond motifs is 1. The van der Waals surface area contributed by atoms with Crippen molar-refractivity contribution in [2.24, 2.45) is 0 Å². The molecule has 25 heavy (non-hydrogen) atoms. The van der Waals surface area contributed by atoms with Crippen LogP contribution in [0.3, 0.4) is 0 Å². The van der Waals surface area contributed by atoms with Gasteiger partial charge in [-0.05, 0) is 43.3 Å². The highest BCUT2D eigenvalue weighted by molar-refractivity contribution is 5.74. The summed E-state index contributed by atoms with van der Waals surface area (Å²) in [6.07, 6.45) is 1.77. The molecule has 0 aliphatic rings. The van der Waals surface area contributed by atoms with E-state index in [0.29, 0.717) is 18.0 Å². The zero-order chi connectivity index (χ0) is 17.1. The fraction of sp³-hybridized carbons (Fsp3) is 0.100. The molecule has 0 aliphatic heterocycles. The Morgan fingerprint density at radius 1 is 1.00 bits per heavy atom. The summed E-state index contributed by atoms with van der Waals surface area (Å²) < 4.78 is 11.7. The Morgan fingerprint density at radius 2 is 1.88 bits per heavy atom. The highest BCUT2D eigenvalue weighted by Gasteiger charge is 2.08. The minimum atomic E-state index is 0.507. The number of aryl methyl sites for hydroxylation is 1. The number of hydrogen-bond acceptors (Lipinski definition) is 5. The lowest BCUT2D eigenvalue weighted by Crippen LogP contribution is -1.99. The van der Waals surface area contributed by atoms with Crippen LogP contribution in [0.1, 0.15) is 11.6 Å². The molecule has 0 saturated carbocycles. The number of hydrogen-bond donors (Lipinski definition) is 1. The molecule has 5 heteroatoms. The first kappa shape index (κ1) is 15.2. The molecule has 2 aromatic heterocycles. The molecule has 4 rings (SSSR count). The van der Waals surface area contributed by atoms with Gasteiger partial charge in [0.15, 0.2) is 5.58 Å². The minimum absolute atomic E-state index is 0.507. The summed E-state index contributed by atoms with van der Waals surface area (Å²) in [5.74, 6) is 2.14. The van der Waals surface area contributed by atoms with Crippen molar-refractivity contribution in [1.29, 1.82) is 0 Å². The first-order valence-electron chi connectivity index (χ1n) is 8.05. The van der Waals surface area contributed by atoms with E-state index >= 15 is 0 Å². The summed E-state index contributed by atoms with van der Waals surface area (Å²) in [5, 5.41) is 3.29. The number of oxazole rings is 1. The molecule has 0 saturated heterocycles. The van der Waals surface area contributed by atoms with Crippen LogP contribution in [0.5, 0.6) is 11.5 Å². The predicted octanol–water partition coefficient (Wildman–Crippen LogP) is 4.94. The number of aromatic nitrogens is 2. The van der Waals surface area contributed by atoms with E-state index in [1.807, 2.05) is 67.6 Å². The summed E-state index contributed by atoms with van der Waals surface area (Å²) in [6, 6.07) is 19.2. The van der Waals surface area contributed by atoms with Crippen LogP contribution in [-0.2, 0) is 6.54 Å². The van der Waals surface area contributed by atoms with Gasteiger partial charge in [-0.25, -0.2) is 4.98 Å². The molecule has 0 atom stereocenters. The molecule has 0 radical (unpaired) electrons. The van der Waals surface area contributed by atoms with Gasteiger partial charge >= 0.3 is 0 Å². The molecule has 0 amide bonds. The van der Waals surface area contributed by atoms with Crippen LogP contribution < -0.4 is 10.1 Å². The molecule has 5 nitrogen and oxygen atoms in total. The van der Waals surface area contributed by atoms with E-state index in [0.717, 1.165) is 28.4 Å². The highest BCUT2D eigenvalue weighted by Crippen LogP contribution is 2.26. The maximum atomic E-state index is 5.83. The highest BCUT2D eigenvalue weighted by atomic mass is 16.5. The van der Waals surface area contributed by atoms with Crippen LogP contribution in [0.15, 0.2) is 71.3 Å². The quantitative estimate of drug-likeness (QED) is 0.561. The topological polar surface area (TPSA) is 60.2 Å². The van der Waals surface area contributed by atoms with E-state index in [4.69, 9.17) is 9.15 Å². The number of nitrogens with zero attached hydrogens (tertiary/aromatic N) is 2. The average molecular weight is 331 g/mol. The van der Waals surface area contributed by atoms with Gasteiger partial charge in [-0.15, -0.1) is 0 Å². The molecule has 1 N–H and O–H groups in total. The molecule has 2 aromatic carbocycles. The summed E-state index contributed by atoms with van der Waals surface area (Å²) in [4.78, 5) is 8.68. The zero-order valence-electron chi connectivity index (χ0n) is 13.8. The monoisotopic (exact) mass is 331 g/mol. The number of rotatable bonds is 5. The van der Waals surface area contributed by atoms with Crippen molar-refractivity contribution in [2.45, 2.75) is 13.5 Å². The molecule has 0 spiro atoms. The molecular weight excluding hydrogens is 314 g/mol. The predicted molar refractivity (Wildman–Crippen MR) is 96.8 cm³/mol. The van der Waals surface area contributed by atoms with Crippen molar-refractivity contribution in [3.8, 4) is 11.5 Å². The van der Waals surface area contributed by atoms with Crippen LogP contribution in [-0.4, -0.2) is 9.97 Å². The Kier molecular flexibility index (Phi) is 4.04. The largest absolute Gasteiger partial charge is 0.457 e. The van der Waals surface area contributed by atoms with Crippen LogP contribution in [0.2, 0.25) is 0 Å². The van der Waals surface area contributed by atoms with Gasteiger partial charge < -0.3 is 14.5 Å². The van der Waals surface area contributed by atoms with Crippen molar-refractivity contribution in [3.05, 3.63) is 78.4 Å². The molecule has 4 aromatic rings. The Bertz CT molecular complexity index is 996. The lowest BCUT2D eigenvalue weighted by Gasteiger charge is -2.04. The molecule has 0 unspecified atom stereocenters. The van der Waals surface area contributed by atoms with E-state index in [1.165, 1.54) is 0 Å². The van der Waals surface area contributed by atoms with E-state index in [9.17, 15) is 0 Å².